The van der Waals surface area contributed by atoms with Crippen molar-refractivity contribution in [2.24, 2.45) is 5.92 Å². The number of carbonyl (C=O) groups excluding carboxylic acids is 1. The summed E-state index contributed by atoms with van der Waals surface area (Å²) in [5.41, 5.74) is 0.742. The third kappa shape index (κ3) is 4.66. The van der Waals surface area contributed by atoms with Crippen molar-refractivity contribution in [3.63, 3.8) is 0 Å². The lowest BCUT2D eigenvalue weighted by Gasteiger charge is -2.34. The highest BCUT2D eigenvalue weighted by atomic mass is 19.1. The van der Waals surface area contributed by atoms with Gasteiger partial charge in [0.25, 0.3) is 0 Å². The highest BCUT2D eigenvalue weighted by Gasteiger charge is 2.28. The molecular formula is C19H24FN3O2. The lowest BCUT2D eigenvalue weighted by molar-refractivity contribution is -0.133. The van der Waals surface area contributed by atoms with Crippen molar-refractivity contribution in [2.45, 2.75) is 38.3 Å². The van der Waals surface area contributed by atoms with Gasteiger partial charge in [-0.15, -0.1) is 0 Å². The Morgan fingerprint density at radius 2 is 2.00 bits per heavy atom. The van der Waals surface area contributed by atoms with E-state index in [0.717, 1.165) is 31.4 Å². The lowest BCUT2D eigenvalue weighted by atomic mass is 9.87. The topological polar surface area (TPSA) is 58.4 Å². The summed E-state index contributed by atoms with van der Waals surface area (Å²) in [5.74, 6) is -0.0117. The van der Waals surface area contributed by atoms with Gasteiger partial charge in [-0.2, -0.15) is 0 Å². The minimum atomic E-state index is -0.598. The molecule has 134 valence electrons. The minimum Gasteiger partial charge on any atom is -0.388 e. The first-order valence-electron chi connectivity index (χ1n) is 8.80. The number of hydrogen-bond donors (Lipinski definition) is 1. The third-order valence-corrected chi connectivity index (χ3v) is 4.92. The van der Waals surface area contributed by atoms with E-state index in [-0.39, 0.29) is 17.6 Å². The number of aromatic nitrogens is 2. The molecule has 0 unspecified atom stereocenters. The molecule has 1 aromatic heterocycles. The van der Waals surface area contributed by atoms with Crippen molar-refractivity contribution >= 4 is 5.91 Å². The quantitative estimate of drug-likeness (QED) is 0.876. The number of amides is 1. The summed E-state index contributed by atoms with van der Waals surface area (Å²) >= 11 is 0. The molecule has 1 fully saturated rings. The standard InChI is InChI=1S/C19H24FN3O2/c20-17-5-3-15(4-6-17)19(25)16-7-11-23(12-8-16)18(24)2-1-10-22-13-9-21-14-22/h3-6,9,13-14,16,19,25H,1-2,7-8,10-12H2/t19-/m1/s1. The number of rotatable bonds is 6. The maximum Gasteiger partial charge on any atom is 0.222 e. The molecule has 1 atom stereocenters. The molecule has 2 heterocycles. The van der Waals surface area contributed by atoms with Gasteiger partial charge in [-0.3, -0.25) is 4.79 Å². The molecule has 1 amide bonds. The van der Waals surface area contributed by atoms with E-state index in [9.17, 15) is 14.3 Å². The Morgan fingerprint density at radius 3 is 2.64 bits per heavy atom. The maximum absolute atomic E-state index is 13.0. The van der Waals surface area contributed by atoms with Crippen LogP contribution in [0.5, 0.6) is 0 Å². The van der Waals surface area contributed by atoms with Crippen LogP contribution in [0.3, 0.4) is 0 Å². The number of aliphatic hydroxyl groups is 1. The molecule has 25 heavy (non-hydrogen) atoms. The molecular weight excluding hydrogens is 321 g/mol. The maximum atomic E-state index is 13.0. The van der Waals surface area contributed by atoms with Crippen LogP contribution in [-0.4, -0.2) is 38.6 Å². The summed E-state index contributed by atoms with van der Waals surface area (Å²) in [6, 6.07) is 6.01. The Labute approximate surface area is 147 Å². The fourth-order valence-electron chi connectivity index (χ4n) is 3.39. The molecule has 1 aliphatic heterocycles. The molecule has 1 aromatic carbocycles. The first kappa shape index (κ1) is 17.6. The normalized spacial score (nSPS) is 16.8. The molecule has 0 bridgehead atoms. The van der Waals surface area contributed by atoms with E-state index >= 15 is 0 Å². The van der Waals surface area contributed by atoms with E-state index in [0.29, 0.717) is 19.5 Å². The van der Waals surface area contributed by atoms with E-state index in [1.165, 1.54) is 12.1 Å². The van der Waals surface area contributed by atoms with E-state index < -0.39 is 6.10 Å². The Bertz CT molecular complexity index is 664. The van der Waals surface area contributed by atoms with Crippen LogP contribution >= 0.6 is 0 Å². The predicted molar refractivity (Wildman–Crippen MR) is 92.1 cm³/mol. The fourth-order valence-corrected chi connectivity index (χ4v) is 3.39. The number of benzene rings is 1. The van der Waals surface area contributed by atoms with Gasteiger partial charge in [0.1, 0.15) is 5.82 Å². The number of aryl methyl sites for hydroxylation is 1. The van der Waals surface area contributed by atoms with Crippen LogP contribution in [0.25, 0.3) is 0 Å². The average Bonchev–Trinajstić information content (AvgIpc) is 3.15. The van der Waals surface area contributed by atoms with Crippen LogP contribution in [-0.2, 0) is 11.3 Å². The Kier molecular flexibility index (Phi) is 5.81. The molecule has 3 rings (SSSR count). The first-order valence-corrected chi connectivity index (χ1v) is 8.80. The summed E-state index contributed by atoms with van der Waals surface area (Å²) in [5, 5.41) is 10.5. The predicted octanol–water partition coefficient (Wildman–Crippen LogP) is 2.77. The number of hydrogen-bond acceptors (Lipinski definition) is 3. The van der Waals surface area contributed by atoms with Crippen molar-refractivity contribution in [1.29, 1.82) is 0 Å². The van der Waals surface area contributed by atoms with E-state index in [4.69, 9.17) is 0 Å². The Morgan fingerprint density at radius 1 is 1.28 bits per heavy atom. The van der Waals surface area contributed by atoms with Crippen molar-refractivity contribution in [3.05, 3.63) is 54.4 Å². The van der Waals surface area contributed by atoms with Crippen LogP contribution < -0.4 is 0 Å². The van der Waals surface area contributed by atoms with Gasteiger partial charge in [0.05, 0.1) is 12.4 Å². The number of carbonyl (C=O) groups is 1. The van der Waals surface area contributed by atoms with Gasteiger partial charge in [-0.05, 0) is 42.9 Å². The zero-order valence-electron chi connectivity index (χ0n) is 14.2. The Balaban J connectivity index is 1.43. The van der Waals surface area contributed by atoms with Gasteiger partial charge in [0.2, 0.25) is 5.91 Å². The molecule has 0 saturated carbocycles. The van der Waals surface area contributed by atoms with Crippen LogP contribution in [0.2, 0.25) is 0 Å². The first-order chi connectivity index (χ1) is 12.1. The molecule has 5 nitrogen and oxygen atoms in total. The zero-order valence-corrected chi connectivity index (χ0v) is 14.2. The summed E-state index contributed by atoms with van der Waals surface area (Å²) in [4.78, 5) is 18.2. The number of nitrogens with zero attached hydrogens (tertiary/aromatic N) is 3. The van der Waals surface area contributed by atoms with Gasteiger partial charge in [0.15, 0.2) is 0 Å². The third-order valence-electron chi connectivity index (χ3n) is 4.92. The molecule has 0 spiro atoms. The van der Waals surface area contributed by atoms with Crippen molar-refractivity contribution in [3.8, 4) is 0 Å². The number of aliphatic hydroxyl groups excluding tert-OH is 1. The second-order valence-corrected chi connectivity index (χ2v) is 6.62. The van der Waals surface area contributed by atoms with E-state index in [1.807, 2.05) is 15.7 Å². The summed E-state index contributed by atoms with van der Waals surface area (Å²) in [6.45, 7) is 2.14. The summed E-state index contributed by atoms with van der Waals surface area (Å²) < 4.78 is 15.0. The van der Waals surface area contributed by atoms with E-state index in [1.54, 1.807) is 24.7 Å². The summed E-state index contributed by atoms with van der Waals surface area (Å²) in [6.07, 6.45) is 7.66. The molecule has 6 heteroatoms. The number of imidazole rings is 1. The highest BCUT2D eigenvalue weighted by molar-refractivity contribution is 5.76. The zero-order chi connectivity index (χ0) is 17.6. The van der Waals surface area contributed by atoms with Gasteiger partial charge in [-0.25, -0.2) is 9.37 Å². The summed E-state index contributed by atoms with van der Waals surface area (Å²) in [7, 11) is 0. The van der Waals surface area contributed by atoms with Gasteiger partial charge in [-0.1, -0.05) is 12.1 Å². The van der Waals surface area contributed by atoms with Crippen LogP contribution in [0.15, 0.2) is 43.0 Å². The second-order valence-electron chi connectivity index (χ2n) is 6.62. The lowest BCUT2D eigenvalue weighted by Crippen LogP contribution is -2.39. The largest absolute Gasteiger partial charge is 0.388 e. The van der Waals surface area contributed by atoms with Crippen LogP contribution in [0.1, 0.15) is 37.4 Å². The highest BCUT2D eigenvalue weighted by Crippen LogP contribution is 2.31. The van der Waals surface area contributed by atoms with Crippen LogP contribution in [0, 0.1) is 11.7 Å². The molecule has 2 aromatic rings. The molecule has 1 saturated heterocycles. The smallest absolute Gasteiger partial charge is 0.222 e. The Hall–Kier alpha value is -2.21. The van der Waals surface area contributed by atoms with Gasteiger partial charge >= 0.3 is 0 Å². The molecule has 0 aliphatic carbocycles. The van der Waals surface area contributed by atoms with Gasteiger partial charge < -0.3 is 14.6 Å². The van der Waals surface area contributed by atoms with Crippen LogP contribution in [0.4, 0.5) is 4.39 Å². The fraction of sp³-hybridized carbons (Fsp3) is 0.474. The van der Waals surface area contributed by atoms with Crippen molar-refractivity contribution < 1.29 is 14.3 Å². The minimum absolute atomic E-state index is 0.112. The van der Waals surface area contributed by atoms with Gasteiger partial charge in [0, 0.05) is 38.4 Å². The van der Waals surface area contributed by atoms with E-state index in [2.05, 4.69) is 4.98 Å². The SMILES string of the molecule is O=C(CCCn1ccnc1)N1CCC([C@H](O)c2ccc(F)cc2)CC1. The number of likely N-dealkylation sites (tertiary alicyclic amines) is 1. The molecule has 0 radical (unpaired) electrons. The average molecular weight is 345 g/mol. The van der Waals surface area contributed by atoms with Crippen molar-refractivity contribution in [2.75, 3.05) is 13.1 Å². The monoisotopic (exact) mass is 345 g/mol. The number of halogens is 1. The van der Waals surface area contributed by atoms with Crippen molar-refractivity contribution in [1.82, 2.24) is 14.5 Å². The number of piperidine rings is 1. The molecule has 1 N–H and O–H groups in total. The molecule has 1 aliphatic rings. The second kappa shape index (κ2) is 8.25.